The topological polar surface area (TPSA) is 24.9 Å². The minimum absolute atomic E-state index is 0.923. The summed E-state index contributed by atoms with van der Waals surface area (Å²) in [5.41, 5.74) is 1.23. The molecule has 1 aromatic heterocycles. The largest absolute Gasteiger partial charge is 0.313 e. The Kier molecular flexibility index (Phi) is 5.91. The number of aromatic nitrogens is 1. The van der Waals surface area contributed by atoms with Crippen LogP contribution in [0.4, 0.5) is 0 Å². The Balaban J connectivity index is 2.09. The average molecular weight is 228 g/mol. The van der Waals surface area contributed by atoms with E-state index >= 15 is 0 Å². The van der Waals surface area contributed by atoms with E-state index < -0.39 is 0 Å². The summed E-state index contributed by atoms with van der Waals surface area (Å²) in [5, 5.41) is 5.34. The lowest BCUT2D eigenvalue weighted by Gasteiger charge is -2.04. The molecule has 1 rings (SSSR count). The van der Waals surface area contributed by atoms with Crippen LogP contribution in [0.25, 0.3) is 0 Å². The predicted molar refractivity (Wildman–Crippen MR) is 65.1 cm³/mol. The second kappa shape index (κ2) is 7.04. The fourth-order valence-corrected chi connectivity index (χ4v) is 2.48. The van der Waals surface area contributed by atoms with Crippen LogP contribution in [0, 0.1) is 0 Å². The van der Waals surface area contributed by atoms with Gasteiger partial charge in [-0.15, -0.1) is 11.3 Å². The van der Waals surface area contributed by atoms with E-state index in [2.05, 4.69) is 23.8 Å². The van der Waals surface area contributed by atoms with Gasteiger partial charge in [-0.25, -0.2) is 4.98 Å². The third kappa shape index (κ3) is 4.79. The first-order valence-corrected chi connectivity index (χ1v) is 6.59. The maximum atomic E-state index is 4.20. The average Bonchev–Trinajstić information content (AvgIpc) is 2.68. The van der Waals surface area contributed by atoms with Gasteiger partial charge >= 0.3 is 0 Å². The van der Waals surface area contributed by atoms with Crippen molar-refractivity contribution in [1.82, 2.24) is 10.3 Å². The summed E-state index contributed by atoms with van der Waals surface area (Å²) in [6, 6.07) is 0. The molecule has 0 atom stereocenters. The molecule has 1 aromatic rings. The van der Waals surface area contributed by atoms with Crippen molar-refractivity contribution in [2.75, 3.05) is 18.8 Å². The summed E-state index contributed by atoms with van der Waals surface area (Å²) in [7, 11) is 0. The highest BCUT2D eigenvalue weighted by atomic mass is 32.2. The summed E-state index contributed by atoms with van der Waals surface area (Å²) in [5.74, 6) is 0.963. The molecule has 0 radical (unpaired) electrons. The zero-order valence-electron chi connectivity index (χ0n) is 8.45. The maximum Gasteiger partial charge on any atom is 0.150 e. The molecule has 0 fully saturated rings. The van der Waals surface area contributed by atoms with Crippen LogP contribution in [0.5, 0.6) is 0 Å². The van der Waals surface area contributed by atoms with Gasteiger partial charge in [-0.1, -0.05) is 30.8 Å². The molecule has 4 heteroatoms. The lowest BCUT2D eigenvalue weighted by molar-refractivity contribution is 0.716. The first-order chi connectivity index (χ1) is 6.83. The molecular weight excluding hydrogens is 212 g/mol. The van der Waals surface area contributed by atoms with E-state index in [0.717, 1.165) is 23.2 Å². The van der Waals surface area contributed by atoms with Gasteiger partial charge in [0.15, 0.2) is 0 Å². The summed E-state index contributed by atoms with van der Waals surface area (Å²) in [6.07, 6.45) is 3.01. The van der Waals surface area contributed by atoms with Gasteiger partial charge in [0, 0.05) is 23.9 Å². The molecule has 0 aliphatic rings. The van der Waals surface area contributed by atoms with Crippen LogP contribution in [0.15, 0.2) is 28.1 Å². The van der Waals surface area contributed by atoms with Gasteiger partial charge in [-0.05, 0) is 13.0 Å². The number of rotatable bonds is 7. The molecule has 0 unspecified atom stereocenters. The van der Waals surface area contributed by atoms with E-state index in [1.807, 2.05) is 11.6 Å². The van der Waals surface area contributed by atoms with Crippen molar-refractivity contribution in [1.29, 1.82) is 0 Å². The minimum Gasteiger partial charge on any atom is -0.313 e. The summed E-state index contributed by atoms with van der Waals surface area (Å²) in [6.45, 7) is 8.18. The normalized spacial score (nSPS) is 10.4. The molecule has 0 bridgehead atoms. The van der Waals surface area contributed by atoms with Crippen molar-refractivity contribution in [2.24, 2.45) is 0 Å². The molecule has 0 aliphatic heterocycles. The second-order valence-electron chi connectivity index (χ2n) is 3.01. The van der Waals surface area contributed by atoms with E-state index in [1.165, 1.54) is 12.0 Å². The monoisotopic (exact) mass is 228 g/mol. The van der Waals surface area contributed by atoms with Crippen molar-refractivity contribution in [3.8, 4) is 0 Å². The van der Waals surface area contributed by atoms with Gasteiger partial charge in [0.2, 0.25) is 0 Å². The van der Waals surface area contributed by atoms with Crippen LogP contribution in [0.1, 0.15) is 13.3 Å². The Morgan fingerprint density at radius 2 is 2.57 bits per heavy atom. The van der Waals surface area contributed by atoms with E-state index in [1.54, 1.807) is 23.1 Å². The van der Waals surface area contributed by atoms with Gasteiger partial charge in [0.25, 0.3) is 0 Å². The number of thiazole rings is 1. The quantitative estimate of drug-likeness (QED) is 0.441. The molecule has 2 nitrogen and oxygen atoms in total. The zero-order chi connectivity index (χ0) is 10.2. The standard InChI is InChI=1S/C10H16N2S2/c1-3-4-11-7-9(2)8-14-10-12-5-6-13-10/h5-6,11H,2-4,7-8H2,1H3. The highest BCUT2D eigenvalue weighted by molar-refractivity contribution is 8.01. The molecule has 1 N–H and O–H groups in total. The number of hydrogen-bond donors (Lipinski definition) is 1. The van der Waals surface area contributed by atoms with Crippen LogP contribution < -0.4 is 5.32 Å². The lowest BCUT2D eigenvalue weighted by Crippen LogP contribution is -2.18. The molecule has 14 heavy (non-hydrogen) atoms. The third-order valence-electron chi connectivity index (χ3n) is 1.61. The minimum atomic E-state index is 0.923. The Morgan fingerprint density at radius 1 is 1.71 bits per heavy atom. The maximum absolute atomic E-state index is 4.20. The van der Waals surface area contributed by atoms with Crippen molar-refractivity contribution >= 4 is 23.1 Å². The van der Waals surface area contributed by atoms with E-state index in [-0.39, 0.29) is 0 Å². The molecule has 0 amide bonds. The molecule has 78 valence electrons. The predicted octanol–water partition coefficient (Wildman–Crippen LogP) is 2.79. The molecule has 1 heterocycles. The molecule has 0 spiro atoms. The summed E-state index contributed by atoms with van der Waals surface area (Å²) < 4.78 is 1.13. The highest BCUT2D eigenvalue weighted by Crippen LogP contribution is 2.21. The number of nitrogens with one attached hydrogen (secondary N) is 1. The van der Waals surface area contributed by atoms with Gasteiger partial charge in [-0.3, -0.25) is 0 Å². The van der Waals surface area contributed by atoms with Gasteiger partial charge in [0.1, 0.15) is 4.34 Å². The third-order valence-corrected chi connectivity index (χ3v) is 3.72. The van der Waals surface area contributed by atoms with Crippen molar-refractivity contribution in [2.45, 2.75) is 17.7 Å². The fourth-order valence-electron chi connectivity index (χ4n) is 0.938. The summed E-state index contributed by atoms with van der Waals surface area (Å²) in [4.78, 5) is 4.20. The molecule has 0 saturated carbocycles. The molecular formula is C10H16N2S2. The Bertz CT molecular complexity index is 257. The fraction of sp³-hybridized carbons (Fsp3) is 0.500. The molecule has 0 aliphatic carbocycles. The van der Waals surface area contributed by atoms with Gasteiger partial charge < -0.3 is 5.32 Å². The van der Waals surface area contributed by atoms with Crippen LogP contribution in [-0.2, 0) is 0 Å². The lowest BCUT2D eigenvalue weighted by atomic mass is 10.3. The van der Waals surface area contributed by atoms with E-state index in [0.29, 0.717) is 0 Å². The van der Waals surface area contributed by atoms with Crippen molar-refractivity contribution < 1.29 is 0 Å². The number of nitrogens with zero attached hydrogens (tertiary/aromatic N) is 1. The Morgan fingerprint density at radius 3 is 3.21 bits per heavy atom. The second-order valence-corrected chi connectivity index (χ2v) is 5.13. The first kappa shape index (κ1) is 11.8. The molecule has 0 aromatic carbocycles. The van der Waals surface area contributed by atoms with Crippen LogP contribution in [0.2, 0.25) is 0 Å². The number of hydrogen-bond acceptors (Lipinski definition) is 4. The van der Waals surface area contributed by atoms with E-state index in [9.17, 15) is 0 Å². The Labute approximate surface area is 93.8 Å². The van der Waals surface area contributed by atoms with Crippen LogP contribution in [0.3, 0.4) is 0 Å². The van der Waals surface area contributed by atoms with Crippen molar-refractivity contribution in [3.05, 3.63) is 23.7 Å². The van der Waals surface area contributed by atoms with Crippen molar-refractivity contribution in [3.63, 3.8) is 0 Å². The Hall–Kier alpha value is -0.320. The SMILES string of the molecule is C=C(CNCCC)CSc1nccs1. The molecule has 0 saturated heterocycles. The highest BCUT2D eigenvalue weighted by Gasteiger charge is 1.98. The number of thioether (sulfide) groups is 1. The van der Waals surface area contributed by atoms with Gasteiger partial charge in [-0.2, -0.15) is 0 Å². The van der Waals surface area contributed by atoms with Crippen LogP contribution in [-0.4, -0.2) is 23.8 Å². The first-order valence-electron chi connectivity index (χ1n) is 4.72. The van der Waals surface area contributed by atoms with Crippen LogP contribution >= 0.6 is 23.1 Å². The van der Waals surface area contributed by atoms with Gasteiger partial charge in [0.05, 0.1) is 0 Å². The zero-order valence-corrected chi connectivity index (χ0v) is 10.1. The summed E-state index contributed by atoms with van der Waals surface area (Å²) >= 11 is 3.44. The van der Waals surface area contributed by atoms with E-state index in [4.69, 9.17) is 0 Å². The smallest absolute Gasteiger partial charge is 0.150 e.